The second-order valence-electron chi connectivity index (χ2n) is 5.81. The number of nitrogens with two attached hydrogens (primary N) is 2. The van der Waals surface area contributed by atoms with E-state index in [0.29, 0.717) is 0 Å². The third-order valence-electron chi connectivity index (χ3n) is 3.18. The van der Waals surface area contributed by atoms with Crippen molar-refractivity contribution in [1.82, 2.24) is 0 Å². The number of hydrogen-bond donors (Lipinski definition) is 5. The standard InChI is InChI=1S/C10H23N.C2H5F2NO3S2.C2H2F2O5S/c1-2-3-4-5-6-7-8-9-10-11;3-2(4,9-1-5)10(6,7)8;3-2(4,1(5)6)10(7,8)9/h2-11H2,1H3;1,5H2,(H,6,7,8);(H,5,6)(H,7,8,9). The van der Waals surface area contributed by atoms with Gasteiger partial charge in [-0.2, -0.15) is 34.4 Å². The van der Waals surface area contributed by atoms with Gasteiger partial charge < -0.3 is 16.6 Å². The highest BCUT2D eigenvalue weighted by molar-refractivity contribution is 8.12. The lowest BCUT2D eigenvalue weighted by Gasteiger charge is -2.09. The van der Waals surface area contributed by atoms with Crippen molar-refractivity contribution < 1.29 is 53.4 Å². The smallest absolute Gasteiger partial charge is 0.465 e. The lowest BCUT2D eigenvalue weighted by atomic mass is 10.1. The molecule has 0 aromatic carbocycles. The van der Waals surface area contributed by atoms with E-state index in [1.54, 1.807) is 0 Å². The summed E-state index contributed by atoms with van der Waals surface area (Å²) in [6.07, 6.45) is 11.0. The van der Waals surface area contributed by atoms with E-state index >= 15 is 0 Å². The van der Waals surface area contributed by atoms with Gasteiger partial charge in [0, 0.05) is 5.88 Å². The third kappa shape index (κ3) is 17.5. The van der Waals surface area contributed by atoms with Crippen molar-refractivity contribution in [3.63, 3.8) is 0 Å². The van der Waals surface area contributed by atoms with Crippen LogP contribution in [0.25, 0.3) is 0 Å². The number of alkyl halides is 4. The van der Waals surface area contributed by atoms with Gasteiger partial charge in [-0.1, -0.05) is 63.6 Å². The Labute approximate surface area is 183 Å². The Hall–Kier alpha value is -0.720. The molecule has 0 spiro atoms. The molecule has 0 aromatic heterocycles. The van der Waals surface area contributed by atoms with Crippen LogP contribution in [0.15, 0.2) is 0 Å². The Morgan fingerprint density at radius 3 is 1.42 bits per heavy atom. The molecule has 0 fully saturated rings. The second-order valence-corrected chi connectivity index (χ2v) is 10.1. The number of carbonyl (C=O) groups is 1. The van der Waals surface area contributed by atoms with Gasteiger partial charge in [-0.05, 0) is 13.0 Å². The second kappa shape index (κ2) is 16.8. The molecule has 10 nitrogen and oxygen atoms in total. The van der Waals surface area contributed by atoms with Crippen LogP contribution >= 0.6 is 11.8 Å². The minimum Gasteiger partial charge on any atom is -0.476 e. The van der Waals surface area contributed by atoms with Gasteiger partial charge in [-0.25, -0.2) is 4.79 Å². The van der Waals surface area contributed by atoms with Crippen LogP contribution in [-0.4, -0.2) is 59.3 Å². The molecule has 0 amide bonds. The van der Waals surface area contributed by atoms with E-state index in [1.807, 2.05) is 0 Å². The molecule has 0 radical (unpaired) electrons. The summed E-state index contributed by atoms with van der Waals surface area (Å²) in [6, 6.07) is 0. The van der Waals surface area contributed by atoms with E-state index in [9.17, 15) is 39.2 Å². The molecule has 0 saturated heterocycles. The molecule has 7 N–H and O–H groups in total. The zero-order valence-corrected chi connectivity index (χ0v) is 19.3. The average Bonchev–Trinajstić information content (AvgIpc) is 2.60. The summed E-state index contributed by atoms with van der Waals surface area (Å²) in [5.74, 6) is -3.48. The molecule has 0 bridgehead atoms. The molecule has 0 unspecified atom stereocenters. The fourth-order valence-electron chi connectivity index (χ4n) is 1.56. The van der Waals surface area contributed by atoms with Crippen LogP contribution in [0.3, 0.4) is 0 Å². The zero-order valence-electron chi connectivity index (χ0n) is 16.8. The SMILES string of the molecule is CCCCCCCCCCN.NCSC(F)(F)S(=O)(=O)O.O=C(O)C(F)(F)S(=O)(=O)O. The molecular formula is C14H30F4N2O8S3. The molecule has 0 saturated carbocycles. The first-order valence-electron chi connectivity index (χ1n) is 8.89. The number of rotatable bonds is 13. The van der Waals surface area contributed by atoms with Crippen LogP contribution in [0, 0.1) is 0 Å². The molecule has 0 aromatic rings. The maximum atomic E-state index is 12.0. The van der Waals surface area contributed by atoms with Gasteiger partial charge in [-0.3, -0.25) is 9.11 Å². The maximum Gasteiger partial charge on any atom is 0.465 e. The lowest BCUT2D eigenvalue weighted by Crippen LogP contribution is -2.36. The van der Waals surface area contributed by atoms with E-state index < -0.39 is 41.9 Å². The number of halogens is 4. The lowest BCUT2D eigenvalue weighted by molar-refractivity contribution is -0.154. The monoisotopic (exact) mass is 526 g/mol. The highest BCUT2D eigenvalue weighted by Gasteiger charge is 2.52. The Balaban J connectivity index is -0.000000380. The van der Waals surface area contributed by atoms with Crippen LogP contribution in [0.5, 0.6) is 0 Å². The van der Waals surface area contributed by atoms with Gasteiger partial charge in [0.25, 0.3) is 0 Å². The van der Waals surface area contributed by atoms with E-state index in [0.717, 1.165) is 6.54 Å². The summed E-state index contributed by atoms with van der Waals surface area (Å²) in [7, 11) is -11.1. The molecule has 190 valence electrons. The van der Waals surface area contributed by atoms with Gasteiger partial charge in [0.15, 0.2) is 0 Å². The number of aliphatic carboxylic acids is 1. The number of hydrogen-bond acceptors (Lipinski definition) is 8. The summed E-state index contributed by atoms with van der Waals surface area (Å²) in [6.45, 7) is 3.13. The van der Waals surface area contributed by atoms with Crippen LogP contribution in [0.2, 0.25) is 0 Å². The van der Waals surface area contributed by atoms with Crippen LogP contribution in [0.4, 0.5) is 17.6 Å². The number of carboxylic acid groups (broad SMARTS) is 1. The van der Waals surface area contributed by atoms with Gasteiger partial charge >= 0.3 is 36.0 Å². The van der Waals surface area contributed by atoms with Crippen molar-refractivity contribution in [3.05, 3.63) is 0 Å². The molecule has 31 heavy (non-hydrogen) atoms. The van der Waals surface area contributed by atoms with Crippen molar-refractivity contribution >= 4 is 38.0 Å². The Morgan fingerprint density at radius 2 is 1.23 bits per heavy atom. The molecule has 0 heterocycles. The predicted molar refractivity (Wildman–Crippen MR) is 109 cm³/mol. The fraction of sp³-hybridized carbons (Fsp3) is 0.929. The van der Waals surface area contributed by atoms with Gasteiger partial charge in [-0.15, -0.1) is 0 Å². The van der Waals surface area contributed by atoms with Crippen LogP contribution in [0.1, 0.15) is 58.3 Å². The van der Waals surface area contributed by atoms with Crippen molar-refractivity contribution in [2.75, 3.05) is 12.4 Å². The molecule has 0 atom stereocenters. The van der Waals surface area contributed by atoms with E-state index in [1.165, 1.54) is 51.4 Å². The van der Waals surface area contributed by atoms with E-state index in [4.69, 9.17) is 19.9 Å². The fourth-order valence-corrected chi connectivity index (χ4v) is 2.77. The Morgan fingerprint density at radius 1 is 0.839 bits per heavy atom. The van der Waals surface area contributed by atoms with E-state index in [-0.39, 0.29) is 11.8 Å². The average molecular weight is 527 g/mol. The van der Waals surface area contributed by atoms with Crippen LogP contribution < -0.4 is 11.5 Å². The predicted octanol–water partition coefficient (Wildman–Crippen LogP) is 2.71. The van der Waals surface area contributed by atoms with E-state index in [2.05, 4.69) is 12.7 Å². The maximum absolute atomic E-state index is 12.0. The topological polar surface area (TPSA) is 198 Å². The number of unbranched alkanes of at least 4 members (excludes halogenated alkanes) is 7. The van der Waals surface area contributed by atoms with Crippen molar-refractivity contribution in [3.8, 4) is 0 Å². The quantitative estimate of drug-likeness (QED) is 0.102. The minimum absolute atomic E-state index is 0.353. The normalized spacial score (nSPS) is 12.3. The van der Waals surface area contributed by atoms with Gasteiger partial charge in [0.2, 0.25) is 0 Å². The van der Waals surface area contributed by atoms with Crippen LogP contribution in [-0.2, 0) is 25.0 Å². The van der Waals surface area contributed by atoms with Gasteiger partial charge in [0.1, 0.15) is 0 Å². The third-order valence-corrected chi connectivity index (χ3v) is 6.09. The highest BCUT2D eigenvalue weighted by Crippen LogP contribution is 2.32. The molecular weight excluding hydrogens is 496 g/mol. The Kier molecular flexibility index (Phi) is 19.0. The summed E-state index contributed by atoms with van der Waals surface area (Å²) in [5.41, 5.74) is 10.0. The summed E-state index contributed by atoms with van der Waals surface area (Å²) in [5, 5.41) is 2.37. The van der Waals surface area contributed by atoms with Gasteiger partial charge in [0.05, 0.1) is 0 Å². The molecule has 0 aliphatic rings. The molecule has 17 heteroatoms. The molecule has 0 aliphatic carbocycles. The Bertz CT molecular complexity index is 684. The zero-order chi connectivity index (χ0) is 25.4. The summed E-state index contributed by atoms with van der Waals surface area (Å²) >= 11 is -0.353. The van der Waals surface area contributed by atoms with Crippen molar-refractivity contribution in [1.29, 1.82) is 0 Å². The minimum atomic E-state index is -5.83. The first-order chi connectivity index (χ1) is 13.9. The number of thioether (sulfide) groups is 1. The largest absolute Gasteiger partial charge is 0.476 e. The van der Waals surface area contributed by atoms with Crippen molar-refractivity contribution in [2.45, 2.75) is 68.1 Å². The summed E-state index contributed by atoms with van der Waals surface area (Å²) in [4.78, 5) is 9.38. The molecule has 0 rings (SSSR count). The first kappa shape index (κ1) is 34.9. The van der Waals surface area contributed by atoms with Crippen molar-refractivity contribution in [2.24, 2.45) is 11.5 Å². The summed E-state index contributed by atoms with van der Waals surface area (Å²) < 4.78 is 97.0. The highest BCUT2D eigenvalue weighted by atomic mass is 32.3. The molecule has 0 aliphatic heterocycles. The number of carboxylic acids is 1. The first-order valence-corrected chi connectivity index (χ1v) is 12.8.